The highest BCUT2D eigenvalue weighted by Crippen LogP contribution is 2.31. The zero-order chi connectivity index (χ0) is 19.7. The number of benzene rings is 1. The smallest absolute Gasteiger partial charge is 0.261 e. The van der Waals surface area contributed by atoms with Crippen LogP contribution in [-0.4, -0.2) is 52.4 Å². The van der Waals surface area contributed by atoms with Crippen molar-refractivity contribution >= 4 is 28.4 Å². The van der Waals surface area contributed by atoms with Crippen molar-refractivity contribution in [2.24, 2.45) is 13.0 Å². The van der Waals surface area contributed by atoms with Gasteiger partial charge in [0.1, 0.15) is 5.82 Å². The molecule has 0 radical (unpaired) electrons. The molecule has 146 valence electrons. The number of likely N-dealkylation sites (N-methyl/N-ethyl adjacent to an activating group) is 1. The maximum atomic E-state index is 13.0. The highest BCUT2D eigenvalue weighted by Gasteiger charge is 2.33. The van der Waals surface area contributed by atoms with Gasteiger partial charge in [-0.05, 0) is 52.1 Å². The van der Waals surface area contributed by atoms with Gasteiger partial charge in [-0.25, -0.2) is 4.98 Å². The summed E-state index contributed by atoms with van der Waals surface area (Å²) in [4.78, 5) is 34.5. The molecule has 1 aromatic heterocycles. The van der Waals surface area contributed by atoms with Crippen molar-refractivity contribution in [2.75, 3.05) is 27.2 Å². The molecular formula is C20H27ClN4O2. The molecule has 7 heteroatoms. The van der Waals surface area contributed by atoms with E-state index in [9.17, 15) is 9.59 Å². The van der Waals surface area contributed by atoms with Crippen molar-refractivity contribution in [3.63, 3.8) is 0 Å². The summed E-state index contributed by atoms with van der Waals surface area (Å²) in [5, 5.41) is 1.07. The lowest BCUT2D eigenvalue weighted by atomic mass is 9.84. The number of amides is 1. The number of carbonyl (C=O) groups excluding carboxylic acids is 1. The lowest BCUT2D eigenvalue weighted by Gasteiger charge is -2.36. The van der Waals surface area contributed by atoms with Crippen molar-refractivity contribution in [1.29, 1.82) is 0 Å². The van der Waals surface area contributed by atoms with Gasteiger partial charge < -0.3 is 9.80 Å². The number of hydrogen-bond donors (Lipinski definition) is 0. The Morgan fingerprint density at radius 1 is 1.33 bits per heavy atom. The molecule has 27 heavy (non-hydrogen) atoms. The molecule has 1 heterocycles. The van der Waals surface area contributed by atoms with E-state index in [4.69, 9.17) is 16.6 Å². The lowest BCUT2D eigenvalue weighted by molar-refractivity contribution is -0.140. The van der Waals surface area contributed by atoms with E-state index in [1.807, 2.05) is 25.9 Å². The Balaban J connectivity index is 2.01. The summed E-state index contributed by atoms with van der Waals surface area (Å²) in [5.41, 5.74) is 0.443. The van der Waals surface area contributed by atoms with E-state index < -0.39 is 0 Å². The first kappa shape index (κ1) is 19.8. The number of halogens is 1. The number of aromatic nitrogens is 2. The minimum atomic E-state index is -0.292. The normalized spacial score (nSPS) is 15.8. The first-order valence-electron chi connectivity index (χ1n) is 9.41. The molecule has 2 aromatic rings. The third-order valence-electron chi connectivity index (χ3n) is 5.44. The van der Waals surface area contributed by atoms with Gasteiger partial charge in [0.05, 0.1) is 16.9 Å². The van der Waals surface area contributed by atoms with Gasteiger partial charge in [-0.3, -0.25) is 14.2 Å². The van der Waals surface area contributed by atoms with Crippen LogP contribution < -0.4 is 5.56 Å². The van der Waals surface area contributed by atoms with E-state index >= 15 is 0 Å². The molecule has 0 N–H and O–H groups in total. The Kier molecular flexibility index (Phi) is 5.86. The molecule has 1 aromatic carbocycles. The number of rotatable bonds is 6. The van der Waals surface area contributed by atoms with Crippen LogP contribution in [0.1, 0.15) is 38.1 Å². The van der Waals surface area contributed by atoms with E-state index in [0.717, 1.165) is 25.8 Å². The molecule has 0 bridgehead atoms. The van der Waals surface area contributed by atoms with Crippen LogP contribution in [0.4, 0.5) is 0 Å². The van der Waals surface area contributed by atoms with Crippen LogP contribution in [0.2, 0.25) is 5.02 Å². The van der Waals surface area contributed by atoms with E-state index in [-0.39, 0.29) is 23.4 Å². The average molecular weight is 391 g/mol. The quantitative estimate of drug-likeness (QED) is 0.761. The summed E-state index contributed by atoms with van der Waals surface area (Å²) >= 11 is 6.09. The van der Waals surface area contributed by atoms with Gasteiger partial charge >= 0.3 is 0 Å². The van der Waals surface area contributed by atoms with Gasteiger partial charge in [0.15, 0.2) is 0 Å². The van der Waals surface area contributed by atoms with Crippen molar-refractivity contribution in [2.45, 2.75) is 32.2 Å². The third-order valence-corrected chi connectivity index (χ3v) is 5.68. The molecule has 1 fully saturated rings. The highest BCUT2D eigenvalue weighted by atomic mass is 35.5. The zero-order valence-electron chi connectivity index (χ0n) is 16.4. The Hall–Kier alpha value is -1.92. The molecule has 3 rings (SSSR count). The van der Waals surface area contributed by atoms with E-state index in [2.05, 4.69) is 4.90 Å². The van der Waals surface area contributed by atoms with Crippen LogP contribution >= 0.6 is 11.6 Å². The van der Waals surface area contributed by atoms with Gasteiger partial charge in [-0.2, -0.15) is 0 Å². The predicted octanol–water partition coefficient (Wildman–Crippen LogP) is 2.84. The second kappa shape index (κ2) is 7.98. The SMILES string of the molecule is CC(c1nc2cc(Cl)ccc2c(=O)n1C)N(CCN(C)C)C(=O)C1CCC1. The van der Waals surface area contributed by atoms with Crippen LogP contribution in [-0.2, 0) is 11.8 Å². The first-order valence-corrected chi connectivity index (χ1v) is 9.78. The molecule has 1 amide bonds. The molecule has 1 aliphatic carbocycles. The van der Waals surface area contributed by atoms with Gasteiger partial charge in [0.25, 0.3) is 5.56 Å². The van der Waals surface area contributed by atoms with E-state index in [1.165, 1.54) is 0 Å². The number of hydrogen-bond acceptors (Lipinski definition) is 4. The van der Waals surface area contributed by atoms with Gasteiger partial charge in [0, 0.05) is 31.1 Å². The molecule has 6 nitrogen and oxygen atoms in total. The zero-order valence-corrected chi connectivity index (χ0v) is 17.2. The summed E-state index contributed by atoms with van der Waals surface area (Å²) in [7, 11) is 5.69. The molecule has 1 saturated carbocycles. The third kappa shape index (κ3) is 4.01. The predicted molar refractivity (Wildman–Crippen MR) is 108 cm³/mol. The fourth-order valence-corrected chi connectivity index (χ4v) is 3.63. The summed E-state index contributed by atoms with van der Waals surface area (Å²) < 4.78 is 1.55. The Morgan fingerprint density at radius 2 is 2.04 bits per heavy atom. The molecule has 0 aliphatic heterocycles. The summed E-state index contributed by atoms with van der Waals surface area (Å²) in [6.45, 7) is 3.31. The van der Waals surface area contributed by atoms with Crippen LogP contribution in [0.5, 0.6) is 0 Å². The fourth-order valence-electron chi connectivity index (χ4n) is 3.47. The minimum Gasteiger partial charge on any atom is -0.331 e. The van der Waals surface area contributed by atoms with Crippen molar-refractivity contribution in [1.82, 2.24) is 19.4 Å². The average Bonchev–Trinajstić information content (AvgIpc) is 2.56. The lowest BCUT2D eigenvalue weighted by Crippen LogP contribution is -2.44. The van der Waals surface area contributed by atoms with Crippen LogP contribution in [0.3, 0.4) is 0 Å². The second-order valence-corrected chi connectivity index (χ2v) is 8.07. The Bertz CT molecular complexity index is 905. The van der Waals surface area contributed by atoms with Gasteiger partial charge in [-0.15, -0.1) is 0 Å². The van der Waals surface area contributed by atoms with Crippen molar-refractivity contribution in [3.8, 4) is 0 Å². The molecule has 0 spiro atoms. The number of carbonyl (C=O) groups is 1. The molecule has 0 saturated heterocycles. The highest BCUT2D eigenvalue weighted by molar-refractivity contribution is 6.31. The second-order valence-electron chi connectivity index (χ2n) is 7.63. The van der Waals surface area contributed by atoms with Crippen LogP contribution in [0, 0.1) is 5.92 Å². The molecule has 1 aliphatic rings. The Labute approximate surface area is 164 Å². The maximum Gasteiger partial charge on any atom is 0.261 e. The van der Waals surface area contributed by atoms with Gasteiger partial charge in [-0.1, -0.05) is 18.0 Å². The molecule has 1 atom stereocenters. The molecular weight excluding hydrogens is 364 g/mol. The number of nitrogens with zero attached hydrogens (tertiary/aromatic N) is 4. The topological polar surface area (TPSA) is 58.4 Å². The van der Waals surface area contributed by atoms with E-state index in [0.29, 0.717) is 28.3 Å². The van der Waals surface area contributed by atoms with Crippen molar-refractivity contribution in [3.05, 3.63) is 39.4 Å². The fraction of sp³-hybridized carbons (Fsp3) is 0.550. The largest absolute Gasteiger partial charge is 0.331 e. The molecule has 1 unspecified atom stereocenters. The van der Waals surface area contributed by atoms with Gasteiger partial charge in [0.2, 0.25) is 5.91 Å². The van der Waals surface area contributed by atoms with E-state index in [1.54, 1.807) is 29.8 Å². The monoisotopic (exact) mass is 390 g/mol. The van der Waals surface area contributed by atoms with Crippen LogP contribution in [0.15, 0.2) is 23.0 Å². The summed E-state index contributed by atoms with van der Waals surface area (Å²) in [6, 6.07) is 4.80. The Morgan fingerprint density at radius 3 is 2.63 bits per heavy atom. The summed E-state index contributed by atoms with van der Waals surface area (Å²) in [6.07, 6.45) is 3.00. The first-order chi connectivity index (χ1) is 12.8. The number of fused-ring (bicyclic) bond motifs is 1. The van der Waals surface area contributed by atoms with Crippen molar-refractivity contribution < 1.29 is 4.79 Å². The standard InChI is InChI=1S/C20H27ClN4O2/c1-13(25(11-10-23(2)3)19(26)14-6-5-7-14)18-22-17-12-15(21)8-9-16(17)20(27)24(18)4/h8-9,12-14H,5-7,10-11H2,1-4H3. The van der Waals surface area contributed by atoms with Crippen LogP contribution in [0.25, 0.3) is 10.9 Å². The maximum absolute atomic E-state index is 13.0. The summed E-state index contributed by atoms with van der Waals surface area (Å²) in [5.74, 6) is 0.846. The minimum absolute atomic E-state index is 0.0986.